The van der Waals surface area contributed by atoms with E-state index < -0.39 is 17.7 Å². The molecule has 3 rings (SSSR count). The Morgan fingerprint density at radius 2 is 1.93 bits per heavy atom. The molecule has 29 heavy (non-hydrogen) atoms. The van der Waals surface area contributed by atoms with Crippen LogP contribution in [0, 0.1) is 5.92 Å². The summed E-state index contributed by atoms with van der Waals surface area (Å²) >= 11 is 3.40. The second-order valence-corrected chi connectivity index (χ2v) is 8.50. The van der Waals surface area contributed by atoms with Crippen molar-refractivity contribution < 1.29 is 14.7 Å². The SMILES string of the molecule is CCc1ccc(N2C(=O)Nc3ccc(Br)cc3[C@@]2(O)C(=O)NCCC(C)C)cc1. The number of urea groups is 1. The van der Waals surface area contributed by atoms with E-state index in [1.54, 1.807) is 30.3 Å². The van der Waals surface area contributed by atoms with Crippen molar-refractivity contribution in [3.05, 3.63) is 58.1 Å². The van der Waals surface area contributed by atoms with Gasteiger partial charge in [0.15, 0.2) is 0 Å². The van der Waals surface area contributed by atoms with Crippen LogP contribution in [0.15, 0.2) is 46.9 Å². The summed E-state index contributed by atoms with van der Waals surface area (Å²) in [4.78, 5) is 27.3. The Morgan fingerprint density at radius 3 is 2.55 bits per heavy atom. The predicted molar refractivity (Wildman–Crippen MR) is 118 cm³/mol. The molecule has 0 spiro atoms. The van der Waals surface area contributed by atoms with Gasteiger partial charge in [-0.05, 0) is 54.7 Å². The maximum atomic E-state index is 13.2. The lowest BCUT2D eigenvalue weighted by Gasteiger charge is -2.42. The monoisotopic (exact) mass is 459 g/mol. The van der Waals surface area contributed by atoms with Gasteiger partial charge >= 0.3 is 6.03 Å². The Bertz CT molecular complexity index is 914. The summed E-state index contributed by atoms with van der Waals surface area (Å²) in [6, 6.07) is 11.8. The average molecular weight is 460 g/mol. The van der Waals surface area contributed by atoms with Crippen LogP contribution in [-0.2, 0) is 16.9 Å². The molecule has 1 aliphatic rings. The third-order valence-electron chi connectivity index (χ3n) is 5.05. The predicted octanol–water partition coefficient (Wildman–Crippen LogP) is 4.37. The Kier molecular flexibility index (Phi) is 6.29. The molecule has 0 aromatic heterocycles. The zero-order chi connectivity index (χ0) is 21.2. The third-order valence-corrected chi connectivity index (χ3v) is 5.55. The first-order valence-corrected chi connectivity index (χ1v) is 10.6. The fourth-order valence-electron chi connectivity index (χ4n) is 3.36. The molecular formula is C22H26BrN3O3. The van der Waals surface area contributed by atoms with E-state index in [9.17, 15) is 14.7 Å². The standard InChI is InChI=1S/C22H26BrN3O3/c1-4-15-5-8-17(9-6-15)26-21(28)25-19-10-7-16(23)13-18(19)22(26,29)20(27)24-12-11-14(2)3/h5-10,13-14,29H,4,11-12H2,1-3H3,(H,24,27)(H,25,28)/t22-/m1/s1. The minimum atomic E-state index is -2.17. The Balaban J connectivity index is 2.08. The van der Waals surface area contributed by atoms with Crippen LogP contribution in [0.5, 0.6) is 0 Å². The number of anilines is 2. The van der Waals surface area contributed by atoms with E-state index in [2.05, 4.69) is 40.4 Å². The molecule has 0 bridgehead atoms. The number of hydrogen-bond acceptors (Lipinski definition) is 3. The Morgan fingerprint density at radius 1 is 1.24 bits per heavy atom. The molecule has 0 saturated carbocycles. The number of carbonyl (C=O) groups excluding carboxylic acids is 2. The number of aliphatic hydroxyl groups is 1. The largest absolute Gasteiger partial charge is 0.359 e. The lowest BCUT2D eigenvalue weighted by atomic mass is 9.94. The lowest BCUT2D eigenvalue weighted by Crippen LogP contribution is -2.62. The lowest BCUT2D eigenvalue weighted by molar-refractivity contribution is -0.140. The van der Waals surface area contributed by atoms with E-state index in [4.69, 9.17) is 0 Å². The molecule has 0 saturated heterocycles. The molecule has 6 nitrogen and oxygen atoms in total. The van der Waals surface area contributed by atoms with Gasteiger partial charge in [-0.15, -0.1) is 0 Å². The van der Waals surface area contributed by atoms with Gasteiger partial charge in [-0.3, -0.25) is 9.69 Å². The first-order valence-electron chi connectivity index (χ1n) is 9.78. The fraction of sp³-hybridized carbons (Fsp3) is 0.364. The molecule has 7 heteroatoms. The van der Waals surface area contributed by atoms with Crippen LogP contribution in [0.25, 0.3) is 0 Å². The van der Waals surface area contributed by atoms with Crippen molar-refractivity contribution in [1.29, 1.82) is 0 Å². The summed E-state index contributed by atoms with van der Waals surface area (Å²) in [5.74, 6) is -0.231. The van der Waals surface area contributed by atoms with Crippen LogP contribution in [0.1, 0.15) is 38.3 Å². The van der Waals surface area contributed by atoms with Crippen molar-refractivity contribution in [2.75, 3.05) is 16.8 Å². The number of hydrogen-bond donors (Lipinski definition) is 3. The zero-order valence-corrected chi connectivity index (χ0v) is 18.4. The summed E-state index contributed by atoms with van der Waals surface area (Å²) in [5, 5.41) is 17.3. The van der Waals surface area contributed by atoms with Crippen LogP contribution >= 0.6 is 15.9 Å². The van der Waals surface area contributed by atoms with Gasteiger partial charge in [-0.1, -0.05) is 48.8 Å². The molecule has 1 atom stereocenters. The van der Waals surface area contributed by atoms with Crippen molar-refractivity contribution in [2.24, 2.45) is 5.92 Å². The van der Waals surface area contributed by atoms with Gasteiger partial charge in [0.05, 0.1) is 5.69 Å². The quantitative estimate of drug-likeness (QED) is 0.599. The maximum Gasteiger partial charge on any atom is 0.329 e. The number of nitrogens with zero attached hydrogens (tertiary/aromatic N) is 1. The molecule has 3 N–H and O–H groups in total. The second-order valence-electron chi connectivity index (χ2n) is 7.59. The van der Waals surface area contributed by atoms with Gasteiger partial charge in [-0.2, -0.15) is 0 Å². The summed E-state index contributed by atoms with van der Waals surface area (Å²) in [6.45, 7) is 6.56. The molecule has 1 aliphatic heterocycles. The summed E-state index contributed by atoms with van der Waals surface area (Å²) < 4.78 is 0.696. The van der Waals surface area contributed by atoms with Gasteiger partial charge in [0.1, 0.15) is 0 Å². The van der Waals surface area contributed by atoms with Crippen molar-refractivity contribution in [1.82, 2.24) is 5.32 Å². The van der Waals surface area contributed by atoms with Gasteiger partial charge in [0.2, 0.25) is 0 Å². The first-order chi connectivity index (χ1) is 13.8. The number of benzene rings is 2. The molecule has 0 unspecified atom stereocenters. The van der Waals surface area contributed by atoms with Gasteiger partial charge in [-0.25, -0.2) is 4.79 Å². The van der Waals surface area contributed by atoms with Crippen molar-refractivity contribution in [3.8, 4) is 0 Å². The number of nitrogens with one attached hydrogen (secondary N) is 2. The number of carbonyl (C=O) groups is 2. The van der Waals surface area contributed by atoms with Crippen molar-refractivity contribution in [2.45, 2.75) is 39.3 Å². The second kappa shape index (κ2) is 8.55. The van der Waals surface area contributed by atoms with E-state index in [0.717, 1.165) is 23.3 Å². The van der Waals surface area contributed by atoms with Gasteiger partial charge in [0, 0.05) is 22.3 Å². The number of halogens is 1. The molecule has 3 amide bonds. The smallest absolute Gasteiger partial charge is 0.329 e. The van der Waals surface area contributed by atoms with E-state index in [0.29, 0.717) is 33.9 Å². The van der Waals surface area contributed by atoms with Crippen LogP contribution in [0.4, 0.5) is 16.2 Å². The van der Waals surface area contributed by atoms with Crippen LogP contribution < -0.4 is 15.5 Å². The maximum absolute atomic E-state index is 13.2. The normalized spacial score (nSPS) is 18.4. The molecular weight excluding hydrogens is 434 g/mol. The topological polar surface area (TPSA) is 81.7 Å². The van der Waals surface area contributed by atoms with Crippen LogP contribution in [0.2, 0.25) is 0 Å². The highest BCUT2D eigenvalue weighted by Gasteiger charge is 2.52. The van der Waals surface area contributed by atoms with E-state index >= 15 is 0 Å². The highest BCUT2D eigenvalue weighted by molar-refractivity contribution is 9.10. The van der Waals surface area contributed by atoms with E-state index in [1.165, 1.54) is 0 Å². The molecule has 0 fully saturated rings. The molecule has 2 aromatic carbocycles. The number of amides is 3. The summed E-state index contributed by atoms with van der Waals surface area (Å²) in [7, 11) is 0. The molecule has 1 heterocycles. The molecule has 154 valence electrons. The average Bonchev–Trinajstić information content (AvgIpc) is 2.68. The molecule has 0 aliphatic carbocycles. The van der Waals surface area contributed by atoms with Gasteiger partial charge < -0.3 is 15.7 Å². The highest BCUT2D eigenvalue weighted by atomic mass is 79.9. The van der Waals surface area contributed by atoms with Crippen molar-refractivity contribution >= 4 is 39.2 Å². The first kappa shape index (κ1) is 21.3. The minimum Gasteiger partial charge on any atom is -0.359 e. The van der Waals surface area contributed by atoms with Gasteiger partial charge in [0.25, 0.3) is 11.6 Å². The number of rotatable bonds is 6. The third kappa shape index (κ3) is 4.16. The van der Waals surface area contributed by atoms with E-state index in [-0.39, 0.29) is 0 Å². The zero-order valence-electron chi connectivity index (χ0n) is 16.8. The Hall–Kier alpha value is -2.38. The summed E-state index contributed by atoms with van der Waals surface area (Å²) in [5.41, 5.74) is 0.0758. The number of fused-ring (bicyclic) bond motifs is 1. The minimum absolute atomic E-state index is 0.313. The summed E-state index contributed by atoms with van der Waals surface area (Å²) in [6.07, 6.45) is 1.62. The fourth-order valence-corrected chi connectivity index (χ4v) is 3.72. The molecule has 2 aromatic rings. The molecule has 0 radical (unpaired) electrons. The highest BCUT2D eigenvalue weighted by Crippen LogP contribution is 2.41. The Labute approximate surface area is 179 Å². The van der Waals surface area contributed by atoms with Crippen molar-refractivity contribution in [3.63, 3.8) is 0 Å². The number of aryl methyl sites for hydroxylation is 1. The van der Waals surface area contributed by atoms with Crippen LogP contribution in [-0.4, -0.2) is 23.6 Å². The van der Waals surface area contributed by atoms with E-state index in [1.807, 2.05) is 19.1 Å². The van der Waals surface area contributed by atoms with Crippen LogP contribution in [0.3, 0.4) is 0 Å².